The smallest absolute Gasteiger partial charge is 0.179 e. The number of nitrogens with one attached hydrogen (secondary N) is 1. The average molecular weight is 904 g/mol. The van der Waals surface area contributed by atoms with Crippen LogP contribution < -0.4 is 15.1 Å². The molecule has 2 aromatic carbocycles. The van der Waals surface area contributed by atoms with Crippen LogP contribution in [0.25, 0.3) is 22.3 Å². The molecule has 2 aliphatic heterocycles. The maximum absolute atomic E-state index is 12.5. The fourth-order valence-electron chi connectivity index (χ4n) is 7.47. The Morgan fingerprint density at radius 1 is 0.571 bits per heavy atom. The Morgan fingerprint density at radius 2 is 1.00 bits per heavy atom. The minimum absolute atomic E-state index is 0.149. The van der Waals surface area contributed by atoms with Crippen molar-refractivity contribution in [3.8, 4) is 33.4 Å². The lowest BCUT2D eigenvalue weighted by Gasteiger charge is -2.33. The topological polar surface area (TPSA) is 155 Å². The Kier molecular flexibility index (Phi) is 17.0. The van der Waals surface area contributed by atoms with Crippen molar-refractivity contribution < 1.29 is 9.59 Å². The van der Waals surface area contributed by atoms with Crippen LogP contribution in [0.1, 0.15) is 33.9 Å². The molecule has 12 nitrogen and oxygen atoms in total. The van der Waals surface area contributed by atoms with Gasteiger partial charge < -0.3 is 20.0 Å². The Bertz CT molecular complexity index is 2490. The van der Waals surface area contributed by atoms with Crippen LogP contribution in [0, 0.1) is 35.5 Å². The highest BCUT2D eigenvalue weighted by atomic mass is 79.9. The molecule has 0 atom stereocenters. The molecular formula is C50H51BrN10O2. The van der Waals surface area contributed by atoms with Gasteiger partial charge in [-0.25, -0.2) is 0 Å². The number of nitrogens with zero attached hydrogens (tertiary/aromatic N) is 9. The quantitative estimate of drug-likeness (QED) is 0.121. The number of aryl methyl sites for hydroxylation is 2. The number of benzene rings is 2. The minimum Gasteiger partial charge on any atom is -0.368 e. The second-order valence-corrected chi connectivity index (χ2v) is 15.8. The SMILES string of the molecule is Cc1cc(-c2ccc(CC(=O)Cc3ccc(N4CCN(C#N)CC4)cn3)cc2)ccn1.Cc1cc(-c2ccc(CC(=O)Cc3ccc(N4CCNCC4)cn3)cc2)ccn1.N#CBr. The highest BCUT2D eigenvalue weighted by molar-refractivity contribution is 9.12. The molecule has 13 heteroatoms. The molecule has 0 radical (unpaired) electrons. The lowest BCUT2D eigenvalue weighted by atomic mass is 10.0. The van der Waals surface area contributed by atoms with Gasteiger partial charge in [-0.1, -0.05) is 48.5 Å². The first-order valence-electron chi connectivity index (χ1n) is 21.0. The van der Waals surface area contributed by atoms with E-state index in [4.69, 9.17) is 10.5 Å². The highest BCUT2D eigenvalue weighted by Crippen LogP contribution is 2.23. The van der Waals surface area contributed by atoms with Crippen molar-refractivity contribution in [2.45, 2.75) is 39.5 Å². The number of anilines is 2. The maximum Gasteiger partial charge on any atom is 0.179 e. The molecule has 0 bridgehead atoms. The number of ketones is 2. The third-order valence-electron chi connectivity index (χ3n) is 10.8. The molecule has 0 saturated carbocycles. The summed E-state index contributed by atoms with van der Waals surface area (Å²) in [7, 11) is 0. The van der Waals surface area contributed by atoms with Crippen LogP contribution >= 0.6 is 15.9 Å². The van der Waals surface area contributed by atoms with E-state index in [1.54, 1.807) is 9.88 Å². The van der Waals surface area contributed by atoms with Gasteiger partial charge in [-0.2, -0.15) is 10.5 Å². The third kappa shape index (κ3) is 14.1. The highest BCUT2D eigenvalue weighted by Gasteiger charge is 2.17. The largest absolute Gasteiger partial charge is 0.368 e. The predicted octanol–water partition coefficient (Wildman–Crippen LogP) is 7.49. The van der Waals surface area contributed by atoms with Gasteiger partial charge in [0.05, 0.1) is 23.8 Å². The van der Waals surface area contributed by atoms with Crippen LogP contribution in [-0.2, 0) is 35.3 Å². The van der Waals surface area contributed by atoms with Crippen LogP contribution in [0.4, 0.5) is 11.4 Å². The summed E-state index contributed by atoms with van der Waals surface area (Å²) in [4.78, 5) is 50.4. The van der Waals surface area contributed by atoms with Crippen LogP contribution in [0.3, 0.4) is 0 Å². The van der Waals surface area contributed by atoms with E-state index in [0.717, 1.165) is 120 Å². The summed E-state index contributed by atoms with van der Waals surface area (Å²) in [6.07, 6.45) is 11.1. The summed E-state index contributed by atoms with van der Waals surface area (Å²) in [5.41, 5.74) is 12.3. The van der Waals surface area contributed by atoms with E-state index in [-0.39, 0.29) is 11.6 Å². The number of nitriles is 2. The number of halogens is 1. The first kappa shape index (κ1) is 45.7. The van der Waals surface area contributed by atoms with Crippen LogP contribution in [0.2, 0.25) is 0 Å². The fourth-order valence-corrected chi connectivity index (χ4v) is 7.47. The lowest BCUT2D eigenvalue weighted by molar-refractivity contribution is -0.118. The summed E-state index contributed by atoms with van der Waals surface area (Å²) >= 11 is 2.45. The monoisotopic (exact) mass is 902 g/mol. The molecule has 0 amide bonds. The number of aromatic nitrogens is 4. The van der Waals surface area contributed by atoms with Crippen LogP contribution in [0.5, 0.6) is 0 Å². The molecule has 2 aliphatic rings. The van der Waals surface area contributed by atoms with Gasteiger partial charge in [-0.3, -0.25) is 29.5 Å². The zero-order chi connectivity index (χ0) is 44.4. The Balaban J connectivity index is 0.000000198. The fraction of sp³-hybridized carbons (Fsp3) is 0.280. The molecule has 4 aromatic heterocycles. The van der Waals surface area contributed by atoms with Gasteiger partial charge in [-0.15, -0.1) is 0 Å². The number of pyridine rings is 4. The van der Waals surface area contributed by atoms with Gasteiger partial charge in [0.15, 0.2) is 6.19 Å². The van der Waals surface area contributed by atoms with E-state index >= 15 is 0 Å². The van der Waals surface area contributed by atoms with Crippen LogP contribution in [-0.4, -0.2) is 88.8 Å². The Labute approximate surface area is 378 Å². The molecule has 320 valence electrons. The standard InChI is InChI=1S/C25H25N5O.C24H26N4O.CBrN/c1-19-14-22(8-9-27-19)21-4-2-20(3-5-21)15-25(31)16-23-6-7-24(17-28-23)30-12-10-29(18-26)11-13-30;1-18-14-21(8-9-26-18)20-4-2-19(3-5-20)15-24(29)16-22-6-7-23(17-27-22)28-12-10-25-11-13-28;2-1-3/h2-9,14,17H,10-13,15-16H2,1H3;2-9,14,17,25H,10-13,15-16H2,1H3;. The van der Waals surface area contributed by atoms with Crippen molar-refractivity contribution >= 4 is 38.9 Å². The molecule has 2 fully saturated rings. The molecular weight excluding hydrogens is 853 g/mol. The first-order chi connectivity index (χ1) is 30.7. The summed E-state index contributed by atoms with van der Waals surface area (Å²) in [5.74, 6) is 0.329. The van der Waals surface area contributed by atoms with Crippen molar-refractivity contribution in [2.24, 2.45) is 0 Å². The molecule has 0 spiro atoms. The van der Waals surface area contributed by atoms with E-state index < -0.39 is 0 Å². The number of rotatable bonds is 12. The van der Waals surface area contributed by atoms with Crippen LogP contribution in [0.15, 0.2) is 122 Å². The normalized spacial score (nSPS) is 13.3. The number of carbonyl (C=O) groups is 2. The molecule has 63 heavy (non-hydrogen) atoms. The van der Waals surface area contributed by atoms with Gasteiger partial charge in [0.1, 0.15) is 16.5 Å². The van der Waals surface area contributed by atoms with Crippen molar-refractivity contribution in [2.75, 3.05) is 62.2 Å². The number of hydrogen-bond acceptors (Lipinski definition) is 12. The van der Waals surface area contributed by atoms with Crippen molar-refractivity contribution in [1.29, 1.82) is 10.5 Å². The average Bonchev–Trinajstić information content (AvgIpc) is 3.31. The van der Waals surface area contributed by atoms with Gasteiger partial charge >= 0.3 is 0 Å². The molecule has 0 aliphatic carbocycles. The number of Topliss-reactive ketones (excluding diaryl/α,β-unsaturated/α-hetero) is 2. The van der Waals surface area contributed by atoms with E-state index in [9.17, 15) is 9.59 Å². The van der Waals surface area contributed by atoms with Gasteiger partial charge in [0, 0.05) is 129 Å². The van der Waals surface area contributed by atoms with Gasteiger partial charge in [-0.05, 0) is 95.8 Å². The number of hydrogen-bond donors (Lipinski definition) is 1. The zero-order valence-corrected chi connectivity index (χ0v) is 37.3. The Hall–Kier alpha value is -6.80. The molecule has 1 N–H and O–H groups in total. The second kappa shape index (κ2) is 23.4. The minimum atomic E-state index is 0.149. The van der Waals surface area contributed by atoms with Crippen molar-refractivity contribution in [3.63, 3.8) is 0 Å². The summed E-state index contributed by atoms with van der Waals surface area (Å²) in [5, 5.41) is 19.5. The Morgan fingerprint density at radius 3 is 1.38 bits per heavy atom. The van der Waals surface area contributed by atoms with Gasteiger partial charge in [0.25, 0.3) is 0 Å². The summed E-state index contributed by atoms with van der Waals surface area (Å²) < 4.78 is 0. The molecule has 8 rings (SSSR count). The zero-order valence-electron chi connectivity index (χ0n) is 35.8. The van der Waals surface area contributed by atoms with E-state index in [1.807, 2.05) is 93.2 Å². The summed E-state index contributed by atoms with van der Waals surface area (Å²) in [6.45, 7) is 11.0. The molecule has 2 saturated heterocycles. The molecule has 6 heterocycles. The third-order valence-corrected chi connectivity index (χ3v) is 10.8. The lowest BCUT2D eigenvalue weighted by Crippen LogP contribution is -2.44. The maximum atomic E-state index is 12.5. The van der Waals surface area contributed by atoms with Crippen molar-refractivity contribution in [1.82, 2.24) is 30.2 Å². The molecule has 0 unspecified atom stereocenters. The number of piperazine rings is 2. The first-order valence-corrected chi connectivity index (χ1v) is 21.8. The second-order valence-electron chi connectivity index (χ2n) is 15.5. The number of carbonyl (C=O) groups excluding carboxylic acids is 2. The predicted molar refractivity (Wildman–Crippen MR) is 251 cm³/mol. The van der Waals surface area contributed by atoms with E-state index in [1.165, 1.54) is 0 Å². The van der Waals surface area contributed by atoms with Crippen molar-refractivity contribution in [3.05, 3.63) is 156 Å². The van der Waals surface area contributed by atoms with Gasteiger partial charge in [0.2, 0.25) is 0 Å². The summed E-state index contributed by atoms with van der Waals surface area (Å²) in [6, 6.07) is 32.4. The van der Waals surface area contributed by atoms with E-state index in [0.29, 0.717) is 25.7 Å². The molecule has 6 aromatic rings. The van der Waals surface area contributed by atoms with E-state index in [2.05, 4.69) is 99.6 Å².